The third-order valence-electron chi connectivity index (χ3n) is 3.92. The van der Waals surface area contributed by atoms with Crippen LogP contribution in [0.3, 0.4) is 0 Å². The summed E-state index contributed by atoms with van der Waals surface area (Å²) in [5.74, 6) is 0.898. The molecule has 3 rings (SSSR count). The molecule has 0 aliphatic carbocycles. The largest absolute Gasteiger partial charge is 0.381 e. The van der Waals surface area contributed by atoms with Crippen molar-refractivity contribution in [2.75, 3.05) is 25.1 Å². The molecule has 4 nitrogen and oxygen atoms in total. The van der Waals surface area contributed by atoms with Gasteiger partial charge >= 0.3 is 0 Å². The van der Waals surface area contributed by atoms with Crippen LogP contribution in [0.25, 0.3) is 10.9 Å². The number of aromatic nitrogens is 1. The molecule has 20 heavy (non-hydrogen) atoms. The molecular weight excluding hydrogens is 250 g/mol. The van der Waals surface area contributed by atoms with Gasteiger partial charge in [-0.1, -0.05) is 18.2 Å². The number of piperidine rings is 1. The van der Waals surface area contributed by atoms with Gasteiger partial charge in [0, 0.05) is 25.6 Å². The van der Waals surface area contributed by atoms with Crippen LogP contribution in [-0.4, -0.2) is 31.3 Å². The maximum Gasteiger partial charge on any atom is 0.130 e. The maximum absolute atomic E-state index is 9.32. The summed E-state index contributed by atoms with van der Waals surface area (Å²) in [5.41, 5.74) is 1.58. The van der Waals surface area contributed by atoms with Crippen LogP contribution in [0.2, 0.25) is 0 Å². The molecule has 4 heteroatoms. The average molecular weight is 267 g/mol. The molecule has 0 unspecified atom stereocenters. The van der Waals surface area contributed by atoms with E-state index in [0.717, 1.165) is 42.7 Å². The third-order valence-corrected chi connectivity index (χ3v) is 3.92. The van der Waals surface area contributed by atoms with Crippen LogP contribution in [0.5, 0.6) is 0 Å². The van der Waals surface area contributed by atoms with Gasteiger partial charge in [-0.2, -0.15) is 5.26 Å². The molecule has 1 fully saturated rings. The molecule has 1 saturated heterocycles. The number of para-hydroxylation sites is 1. The molecule has 1 aliphatic rings. The Labute approximate surface area is 118 Å². The summed E-state index contributed by atoms with van der Waals surface area (Å²) in [5, 5.41) is 10.2. The van der Waals surface area contributed by atoms with Gasteiger partial charge < -0.3 is 9.64 Å². The van der Waals surface area contributed by atoms with E-state index >= 15 is 0 Å². The Kier molecular flexibility index (Phi) is 3.53. The van der Waals surface area contributed by atoms with E-state index in [1.807, 2.05) is 30.3 Å². The number of fused-ring (bicyclic) bond motifs is 1. The quantitative estimate of drug-likeness (QED) is 0.839. The minimum Gasteiger partial charge on any atom is -0.381 e. The van der Waals surface area contributed by atoms with Crippen molar-refractivity contribution in [2.45, 2.75) is 18.9 Å². The first kappa shape index (κ1) is 12.9. The molecule has 0 amide bonds. The van der Waals surface area contributed by atoms with Crippen LogP contribution >= 0.6 is 0 Å². The number of ether oxygens (including phenoxy) is 1. The van der Waals surface area contributed by atoms with Gasteiger partial charge in [-0.15, -0.1) is 0 Å². The summed E-state index contributed by atoms with van der Waals surface area (Å²) in [6.45, 7) is 1.85. The predicted molar refractivity (Wildman–Crippen MR) is 78.7 cm³/mol. The Morgan fingerprint density at radius 2 is 2.05 bits per heavy atom. The zero-order valence-corrected chi connectivity index (χ0v) is 11.5. The van der Waals surface area contributed by atoms with Crippen molar-refractivity contribution >= 4 is 16.7 Å². The van der Waals surface area contributed by atoms with Crippen molar-refractivity contribution in [3.05, 3.63) is 35.9 Å². The third kappa shape index (κ3) is 2.33. The molecule has 0 N–H and O–H groups in total. The Balaban J connectivity index is 1.95. The molecule has 0 atom stereocenters. The fraction of sp³-hybridized carbons (Fsp3) is 0.375. The molecule has 1 aromatic carbocycles. The van der Waals surface area contributed by atoms with Crippen LogP contribution in [0, 0.1) is 11.3 Å². The van der Waals surface area contributed by atoms with Crippen LogP contribution in [0.4, 0.5) is 5.82 Å². The number of rotatable bonds is 2. The highest BCUT2D eigenvalue weighted by Gasteiger charge is 2.20. The van der Waals surface area contributed by atoms with Gasteiger partial charge in [0.2, 0.25) is 0 Å². The van der Waals surface area contributed by atoms with Gasteiger partial charge in [-0.25, -0.2) is 4.98 Å². The smallest absolute Gasteiger partial charge is 0.130 e. The lowest BCUT2D eigenvalue weighted by Crippen LogP contribution is -2.37. The first-order valence-corrected chi connectivity index (χ1v) is 6.89. The Hall–Kier alpha value is -2.12. The van der Waals surface area contributed by atoms with Crippen molar-refractivity contribution in [3.8, 4) is 6.07 Å². The Morgan fingerprint density at radius 3 is 2.75 bits per heavy atom. The topological polar surface area (TPSA) is 49.1 Å². The van der Waals surface area contributed by atoms with E-state index in [2.05, 4.69) is 11.0 Å². The number of hydrogen-bond acceptors (Lipinski definition) is 4. The molecule has 2 aromatic rings. The lowest BCUT2D eigenvalue weighted by molar-refractivity contribution is 0.0818. The molecule has 102 valence electrons. The highest BCUT2D eigenvalue weighted by Crippen LogP contribution is 2.25. The van der Waals surface area contributed by atoms with Crippen LogP contribution in [-0.2, 0) is 4.74 Å². The molecular formula is C16H17N3O. The highest BCUT2D eigenvalue weighted by molar-refractivity contribution is 5.86. The van der Waals surface area contributed by atoms with E-state index in [1.165, 1.54) is 0 Å². The summed E-state index contributed by atoms with van der Waals surface area (Å²) in [4.78, 5) is 6.93. The second-order valence-electron chi connectivity index (χ2n) is 5.08. The summed E-state index contributed by atoms with van der Waals surface area (Å²) < 4.78 is 5.39. The summed E-state index contributed by atoms with van der Waals surface area (Å²) in [6.07, 6.45) is 2.36. The second kappa shape index (κ2) is 5.48. The number of anilines is 1. The lowest BCUT2D eigenvalue weighted by atomic mass is 10.1. The molecule has 1 aliphatic heterocycles. The number of hydrogen-bond donors (Lipinski definition) is 0. The van der Waals surface area contributed by atoms with E-state index < -0.39 is 0 Å². The first-order valence-electron chi connectivity index (χ1n) is 6.89. The first-order chi connectivity index (χ1) is 9.81. The standard InChI is InChI=1S/C16H17N3O/c1-20-13-6-8-19(9-7-13)16-10-12(11-17)14-4-2-3-5-15(14)18-16/h2-5,10,13H,6-9H2,1H3. The summed E-state index contributed by atoms with van der Waals surface area (Å²) >= 11 is 0. The van der Waals surface area contributed by atoms with Crippen molar-refractivity contribution in [1.82, 2.24) is 4.98 Å². The zero-order chi connectivity index (χ0) is 13.9. The van der Waals surface area contributed by atoms with E-state index in [1.54, 1.807) is 7.11 Å². The SMILES string of the molecule is COC1CCN(c2cc(C#N)c3ccccc3n2)CC1. The van der Waals surface area contributed by atoms with Gasteiger partial charge in [0.15, 0.2) is 0 Å². The van der Waals surface area contributed by atoms with Crippen LogP contribution in [0.1, 0.15) is 18.4 Å². The fourth-order valence-corrected chi connectivity index (χ4v) is 2.74. The minimum absolute atomic E-state index is 0.349. The molecule has 1 aromatic heterocycles. The average Bonchev–Trinajstić information content (AvgIpc) is 2.54. The molecule has 0 saturated carbocycles. The van der Waals surface area contributed by atoms with Crippen molar-refractivity contribution in [3.63, 3.8) is 0 Å². The summed E-state index contributed by atoms with van der Waals surface area (Å²) in [7, 11) is 1.77. The summed E-state index contributed by atoms with van der Waals surface area (Å²) in [6, 6.07) is 12.0. The molecule has 2 heterocycles. The van der Waals surface area contributed by atoms with Gasteiger partial charge in [-0.3, -0.25) is 0 Å². The van der Waals surface area contributed by atoms with Crippen LogP contribution < -0.4 is 4.90 Å². The number of benzene rings is 1. The highest BCUT2D eigenvalue weighted by atomic mass is 16.5. The molecule has 0 bridgehead atoms. The van der Waals surface area contributed by atoms with Crippen molar-refractivity contribution in [2.24, 2.45) is 0 Å². The number of nitriles is 1. The van der Waals surface area contributed by atoms with Crippen LogP contribution in [0.15, 0.2) is 30.3 Å². The predicted octanol–water partition coefficient (Wildman–Crippen LogP) is 2.72. The lowest BCUT2D eigenvalue weighted by Gasteiger charge is -2.32. The minimum atomic E-state index is 0.349. The fourth-order valence-electron chi connectivity index (χ4n) is 2.74. The Morgan fingerprint density at radius 1 is 1.30 bits per heavy atom. The maximum atomic E-state index is 9.32. The van der Waals surface area contributed by atoms with Gasteiger partial charge in [0.1, 0.15) is 5.82 Å². The second-order valence-corrected chi connectivity index (χ2v) is 5.08. The van der Waals surface area contributed by atoms with E-state index in [4.69, 9.17) is 9.72 Å². The molecule has 0 radical (unpaired) electrons. The molecule has 0 spiro atoms. The van der Waals surface area contributed by atoms with Gasteiger partial charge in [0.25, 0.3) is 0 Å². The van der Waals surface area contributed by atoms with Gasteiger partial charge in [-0.05, 0) is 25.0 Å². The zero-order valence-electron chi connectivity index (χ0n) is 11.5. The number of nitrogens with zero attached hydrogens (tertiary/aromatic N) is 3. The van der Waals surface area contributed by atoms with E-state index in [9.17, 15) is 5.26 Å². The van der Waals surface area contributed by atoms with Crippen molar-refractivity contribution < 1.29 is 4.74 Å². The van der Waals surface area contributed by atoms with E-state index in [-0.39, 0.29) is 0 Å². The van der Waals surface area contributed by atoms with E-state index in [0.29, 0.717) is 11.7 Å². The number of pyridine rings is 1. The number of methoxy groups -OCH3 is 1. The Bertz CT molecular complexity index is 654. The van der Waals surface area contributed by atoms with Gasteiger partial charge in [0.05, 0.1) is 23.3 Å². The normalized spacial score (nSPS) is 16.3. The monoisotopic (exact) mass is 267 g/mol. The van der Waals surface area contributed by atoms with Crippen molar-refractivity contribution in [1.29, 1.82) is 5.26 Å².